The van der Waals surface area contributed by atoms with Crippen LogP contribution >= 0.6 is 11.8 Å². The predicted octanol–water partition coefficient (Wildman–Crippen LogP) is 5.22. The van der Waals surface area contributed by atoms with Crippen LogP contribution in [0.3, 0.4) is 0 Å². The molecule has 0 aliphatic carbocycles. The van der Waals surface area contributed by atoms with Gasteiger partial charge in [0.15, 0.2) is 0 Å². The second kappa shape index (κ2) is 10.4. The summed E-state index contributed by atoms with van der Waals surface area (Å²) in [5, 5.41) is 12.2. The van der Waals surface area contributed by atoms with Crippen molar-refractivity contribution in [1.29, 1.82) is 5.26 Å². The second-order valence-electron chi connectivity index (χ2n) is 6.43. The molecule has 0 saturated heterocycles. The average molecular weight is 403 g/mol. The summed E-state index contributed by atoms with van der Waals surface area (Å²) in [5.74, 6) is 0.746. The molecule has 3 aromatic rings. The normalized spacial score (nSPS) is 10.2. The molecule has 3 rings (SSSR count). The van der Waals surface area contributed by atoms with Gasteiger partial charge in [-0.2, -0.15) is 5.26 Å². The minimum atomic E-state index is -0.126. The van der Waals surface area contributed by atoms with Crippen LogP contribution in [0, 0.1) is 18.3 Å². The molecule has 0 spiro atoms. The maximum Gasteiger partial charge on any atom is 0.252 e. The van der Waals surface area contributed by atoms with Crippen molar-refractivity contribution in [2.75, 3.05) is 13.2 Å². The molecule has 29 heavy (non-hydrogen) atoms. The molecule has 0 aromatic heterocycles. The van der Waals surface area contributed by atoms with E-state index in [4.69, 9.17) is 4.74 Å². The smallest absolute Gasteiger partial charge is 0.252 e. The van der Waals surface area contributed by atoms with Gasteiger partial charge in [-0.15, -0.1) is 0 Å². The third-order valence-corrected chi connectivity index (χ3v) is 5.47. The lowest BCUT2D eigenvalue weighted by atomic mass is 10.2. The van der Waals surface area contributed by atoms with Gasteiger partial charge in [-0.3, -0.25) is 4.79 Å². The van der Waals surface area contributed by atoms with E-state index in [0.717, 1.165) is 21.1 Å². The fourth-order valence-corrected chi connectivity index (χ4v) is 3.80. The van der Waals surface area contributed by atoms with Crippen LogP contribution in [0.2, 0.25) is 0 Å². The fourth-order valence-electron chi connectivity index (χ4n) is 2.78. The molecular weight excluding hydrogens is 380 g/mol. The molecule has 1 N–H and O–H groups in total. The fraction of sp³-hybridized carbons (Fsp3) is 0.167. The molecule has 5 heteroatoms. The van der Waals surface area contributed by atoms with Crippen LogP contribution in [0.15, 0.2) is 82.6 Å². The van der Waals surface area contributed by atoms with Crippen LogP contribution in [0.5, 0.6) is 5.75 Å². The van der Waals surface area contributed by atoms with Crippen LogP contribution in [0.25, 0.3) is 0 Å². The average Bonchev–Trinajstić information content (AvgIpc) is 2.75. The highest BCUT2D eigenvalue weighted by Crippen LogP contribution is 2.32. The zero-order valence-corrected chi connectivity index (χ0v) is 17.0. The van der Waals surface area contributed by atoms with Crippen LogP contribution < -0.4 is 10.1 Å². The number of nitrogens with zero attached hydrogens (tertiary/aromatic N) is 1. The van der Waals surface area contributed by atoms with E-state index < -0.39 is 0 Å². The number of carbonyl (C=O) groups is 1. The van der Waals surface area contributed by atoms with Crippen molar-refractivity contribution in [3.63, 3.8) is 0 Å². The number of ether oxygens (including phenoxy) is 1. The number of carbonyl (C=O) groups excluding carboxylic acids is 1. The number of aryl methyl sites for hydroxylation is 1. The van der Waals surface area contributed by atoms with Gasteiger partial charge in [0.2, 0.25) is 0 Å². The number of amides is 1. The van der Waals surface area contributed by atoms with Gasteiger partial charge in [-0.05, 0) is 49.2 Å². The van der Waals surface area contributed by atoms with E-state index in [9.17, 15) is 10.1 Å². The largest absolute Gasteiger partial charge is 0.493 e. The third kappa shape index (κ3) is 5.63. The molecule has 0 atom stereocenters. The molecule has 0 unspecified atom stereocenters. The van der Waals surface area contributed by atoms with Crippen LogP contribution in [-0.4, -0.2) is 19.1 Å². The highest BCUT2D eigenvalue weighted by molar-refractivity contribution is 7.99. The molecule has 0 aliphatic rings. The van der Waals surface area contributed by atoms with Crippen molar-refractivity contribution in [2.24, 2.45) is 0 Å². The molecule has 4 nitrogen and oxygen atoms in total. The van der Waals surface area contributed by atoms with Crippen molar-refractivity contribution < 1.29 is 9.53 Å². The summed E-state index contributed by atoms with van der Waals surface area (Å²) >= 11 is 1.43. The first kappa shape index (κ1) is 20.5. The van der Waals surface area contributed by atoms with E-state index in [2.05, 4.69) is 11.4 Å². The lowest BCUT2D eigenvalue weighted by Crippen LogP contribution is -2.26. The number of hydrogen-bond donors (Lipinski definition) is 1. The molecule has 0 aliphatic heterocycles. The Hall–Kier alpha value is -3.23. The van der Waals surface area contributed by atoms with Crippen molar-refractivity contribution in [1.82, 2.24) is 5.32 Å². The molecule has 0 fully saturated rings. The summed E-state index contributed by atoms with van der Waals surface area (Å²) < 4.78 is 5.77. The quantitative estimate of drug-likeness (QED) is 0.525. The van der Waals surface area contributed by atoms with E-state index in [0.29, 0.717) is 30.7 Å². The maximum atomic E-state index is 12.7. The lowest BCUT2D eigenvalue weighted by Gasteiger charge is -2.11. The topological polar surface area (TPSA) is 62.1 Å². The Morgan fingerprint density at radius 3 is 2.48 bits per heavy atom. The van der Waals surface area contributed by atoms with E-state index in [1.165, 1.54) is 11.8 Å². The van der Waals surface area contributed by atoms with E-state index in [1.54, 1.807) is 12.1 Å². The second-order valence-corrected chi connectivity index (χ2v) is 7.51. The summed E-state index contributed by atoms with van der Waals surface area (Å²) in [5.41, 5.74) is 2.30. The molecule has 0 radical (unpaired) electrons. The number of nitriles is 1. The lowest BCUT2D eigenvalue weighted by molar-refractivity contribution is 0.0948. The van der Waals surface area contributed by atoms with Gasteiger partial charge in [0.1, 0.15) is 11.8 Å². The summed E-state index contributed by atoms with van der Waals surface area (Å²) in [6.45, 7) is 3.08. The first-order valence-corrected chi connectivity index (χ1v) is 10.2. The van der Waals surface area contributed by atoms with Crippen LogP contribution in [0.4, 0.5) is 0 Å². The number of nitrogens with one attached hydrogen (secondary N) is 1. The first-order chi connectivity index (χ1) is 14.2. The number of benzene rings is 3. The number of rotatable bonds is 8. The Morgan fingerprint density at radius 1 is 1.00 bits per heavy atom. The van der Waals surface area contributed by atoms with Gasteiger partial charge >= 0.3 is 0 Å². The Bertz CT molecular complexity index is 1030. The van der Waals surface area contributed by atoms with E-state index >= 15 is 0 Å². The van der Waals surface area contributed by atoms with E-state index in [-0.39, 0.29) is 5.91 Å². The molecule has 1 amide bonds. The van der Waals surface area contributed by atoms with Crippen LogP contribution in [-0.2, 0) is 0 Å². The molecule has 0 bridgehead atoms. The Labute approximate surface area is 175 Å². The van der Waals surface area contributed by atoms with Gasteiger partial charge in [-0.1, -0.05) is 54.2 Å². The molecule has 0 heterocycles. The van der Waals surface area contributed by atoms with Gasteiger partial charge in [0.25, 0.3) is 5.91 Å². The standard InChI is InChI=1S/C24H22N2O2S/c1-18-9-2-5-12-21(18)28-16-8-15-26-24(27)20-11-4-7-14-23(20)29-22-13-6-3-10-19(22)17-25/h2-7,9-14H,8,15-16H2,1H3,(H,26,27). The molecular formula is C24H22N2O2S. The van der Waals surface area contributed by atoms with Crippen molar-refractivity contribution >= 4 is 17.7 Å². The van der Waals surface area contributed by atoms with Crippen molar-refractivity contribution in [3.8, 4) is 11.8 Å². The Morgan fingerprint density at radius 2 is 1.69 bits per heavy atom. The molecule has 3 aromatic carbocycles. The zero-order valence-electron chi connectivity index (χ0n) is 16.2. The molecule has 146 valence electrons. The van der Waals surface area contributed by atoms with E-state index in [1.807, 2.05) is 67.6 Å². The van der Waals surface area contributed by atoms with Gasteiger partial charge in [0, 0.05) is 16.3 Å². The Kier molecular flexibility index (Phi) is 7.32. The maximum absolute atomic E-state index is 12.7. The zero-order chi connectivity index (χ0) is 20.5. The monoisotopic (exact) mass is 402 g/mol. The SMILES string of the molecule is Cc1ccccc1OCCCNC(=O)c1ccccc1Sc1ccccc1C#N. The molecule has 0 saturated carbocycles. The summed E-state index contributed by atoms with van der Waals surface area (Å²) in [6, 6.07) is 24.9. The first-order valence-electron chi connectivity index (χ1n) is 9.41. The Balaban J connectivity index is 1.56. The van der Waals surface area contributed by atoms with Gasteiger partial charge in [0.05, 0.1) is 17.7 Å². The number of para-hydroxylation sites is 1. The summed E-state index contributed by atoms with van der Waals surface area (Å²) in [4.78, 5) is 14.3. The minimum Gasteiger partial charge on any atom is -0.493 e. The van der Waals surface area contributed by atoms with Gasteiger partial charge < -0.3 is 10.1 Å². The highest BCUT2D eigenvalue weighted by atomic mass is 32.2. The third-order valence-electron chi connectivity index (χ3n) is 4.32. The summed E-state index contributed by atoms with van der Waals surface area (Å²) in [6.07, 6.45) is 0.715. The van der Waals surface area contributed by atoms with Gasteiger partial charge in [-0.25, -0.2) is 0 Å². The minimum absolute atomic E-state index is 0.126. The highest BCUT2D eigenvalue weighted by Gasteiger charge is 2.13. The predicted molar refractivity (Wildman–Crippen MR) is 115 cm³/mol. The van der Waals surface area contributed by atoms with Crippen molar-refractivity contribution in [3.05, 3.63) is 89.5 Å². The van der Waals surface area contributed by atoms with Crippen LogP contribution in [0.1, 0.15) is 27.9 Å². The number of hydrogen-bond acceptors (Lipinski definition) is 4. The summed E-state index contributed by atoms with van der Waals surface area (Å²) in [7, 11) is 0. The van der Waals surface area contributed by atoms with Crippen molar-refractivity contribution in [2.45, 2.75) is 23.1 Å².